The van der Waals surface area contributed by atoms with E-state index in [0.717, 1.165) is 11.2 Å². The number of nitrogens with zero attached hydrogens (tertiary/aromatic N) is 8. The SMILES string of the molecule is Cn1cnc(COc2ccc3nc(N4CC(c5cnc(Nc6cnn(C)c6)c(C(N)=O)n5)C4)oc3c2)c1. The number of imidazole rings is 1. The van der Waals surface area contributed by atoms with E-state index in [0.29, 0.717) is 54.2 Å². The third kappa shape index (κ3) is 4.53. The fourth-order valence-corrected chi connectivity index (χ4v) is 4.12. The van der Waals surface area contributed by atoms with Gasteiger partial charge in [-0.1, -0.05) is 0 Å². The van der Waals surface area contributed by atoms with Crippen LogP contribution in [0.5, 0.6) is 5.75 Å². The third-order valence-corrected chi connectivity index (χ3v) is 6.06. The number of benzene rings is 1. The number of rotatable bonds is 8. The Morgan fingerprint density at radius 1 is 1.19 bits per heavy atom. The summed E-state index contributed by atoms with van der Waals surface area (Å²) in [6, 6.07) is 6.07. The lowest BCUT2D eigenvalue weighted by atomic mass is 9.97. The first-order valence-electron chi connectivity index (χ1n) is 11.6. The summed E-state index contributed by atoms with van der Waals surface area (Å²) in [5, 5.41) is 7.14. The summed E-state index contributed by atoms with van der Waals surface area (Å²) < 4.78 is 15.3. The van der Waals surface area contributed by atoms with Crippen LogP contribution in [-0.4, -0.2) is 53.3 Å². The summed E-state index contributed by atoms with van der Waals surface area (Å²) in [6.07, 6.45) is 8.69. The molecule has 0 unspecified atom stereocenters. The van der Waals surface area contributed by atoms with Gasteiger partial charge in [-0.05, 0) is 12.1 Å². The number of aromatic nitrogens is 7. The van der Waals surface area contributed by atoms with Crippen molar-refractivity contribution in [2.45, 2.75) is 12.5 Å². The molecule has 4 aromatic heterocycles. The van der Waals surface area contributed by atoms with Crippen LogP contribution in [0, 0.1) is 0 Å². The number of aryl methyl sites for hydroxylation is 2. The van der Waals surface area contributed by atoms with Crippen molar-refractivity contribution in [2.24, 2.45) is 19.8 Å². The number of oxazole rings is 1. The fraction of sp³-hybridized carbons (Fsp3) is 0.250. The van der Waals surface area contributed by atoms with Crippen molar-refractivity contribution in [3.63, 3.8) is 0 Å². The largest absolute Gasteiger partial charge is 0.487 e. The number of hydrogen-bond donors (Lipinski definition) is 2. The summed E-state index contributed by atoms with van der Waals surface area (Å²) in [4.78, 5) is 31.8. The molecule has 13 nitrogen and oxygen atoms in total. The Balaban J connectivity index is 1.12. The van der Waals surface area contributed by atoms with Crippen molar-refractivity contribution in [3.05, 3.63) is 66.4 Å². The Bertz CT molecular complexity index is 1600. The molecular weight excluding hydrogens is 476 g/mol. The van der Waals surface area contributed by atoms with Gasteiger partial charge in [-0.15, -0.1) is 0 Å². The Kier molecular flexibility index (Phi) is 5.44. The van der Waals surface area contributed by atoms with Crippen LogP contribution in [0.1, 0.15) is 27.8 Å². The molecule has 6 rings (SSSR count). The van der Waals surface area contributed by atoms with Gasteiger partial charge in [-0.25, -0.2) is 15.0 Å². The topological polar surface area (TPSA) is 155 Å². The summed E-state index contributed by atoms with van der Waals surface area (Å²) >= 11 is 0. The first-order valence-corrected chi connectivity index (χ1v) is 11.6. The van der Waals surface area contributed by atoms with Crippen LogP contribution >= 0.6 is 0 Å². The minimum absolute atomic E-state index is 0.0605. The smallest absolute Gasteiger partial charge is 0.298 e. The standard InChI is InChI=1S/C24H24N10O3/c1-32-10-16(27-13-32)12-36-17-3-4-18-20(5-17)37-24(31-18)34-8-14(9-34)19-7-26-23(21(30-19)22(25)35)29-15-6-28-33(2)11-15/h3-7,10-11,13-14H,8-9,12H2,1-2H3,(H2,25,35)(H,26,29). The minimum atomic E-state index is -0.656. The Hall–Kier alpha value is -4.94. The maximum absolute atomic E-state index is 12.0. The van der Waals surface area contributed by atoms with E-state index in [-0.39, 0.29) is 11.6 Å². The lowest BCUT2D eigenvalue weighted by Gasteiger charge is -2.37. The van der Waals surface area contributed by atoms with Crippen LogP contribution in [0.25, 0.3) is 11.1 Å². The third-order valence-electron chi connectivity index (χ3n) is 6.06. The maximum atomic E-state index is 12.0. The highest BCUT2D eigenvalue weighted by atomic mass is 16.5. The number of ether oxygens (including phenoxy) is 1. The van der Waals surface area contributed by atoms with E-state index in [1.165, 1.54) is 0 Å². The molecule has 0 radical (unpaired) electrons. The number of nitrogens with one attached hydrogen (secondary N) is 1. The van der Waals surface area contributed by atoms with Crippen molar-refractivity contribution >= 4 is 34.5 Å². The van der Waals surface area contributed by atoms with Crippen molar-refractivity contribution in [1.29, 1.82) is 0 Å². The van der Waals surface area contributed by atoms with Gasteiger partial charge in [-0.2, -0.15) is 10.1 Å². The van der Waals surface area contributed by atoms with Crippen LogP contribution in [0.15, 0.2) is 53.7 Å². The maximum Gasteiger partial charge on any atom is 0.298 e. The van der Waals surface area contributed by atoms with E-state index in [2.05, 4.69) is 30.4 Å². The zero-order chi connectivity index (χ0) is 25.5. The van der Waals surface area contributed by atoms with Crippen molar-refractivity contribution in [3.8, 4) is 5.75 Å². The van der Waals surface area contributed by atoms with Crippen LogP contribution in [0.3, 0.4) is 0 Å². The summed E-state index contributed by atoms with van der Waals surface area (Å²) in [6.45, 7) is 1.61. The van der Waals surface area contributed by atoms with Crippen LogP contribution < -0.4 is 20.7 Å². The van der Waals surface area contributed by atoms with Gasteiger partial charge >= 0.3 is 0 Å². The predicted octanol–water partition coefficient (Wildman–Crippen LogP) is 2.11. The second-order valence-corrected chi connectivity index (χ2v) is 8.93. The normalized spacial score (nSPS) is 13.6. The van der Waals surface area contributed by atoms with E-state index in [1.54, 1.807) is 36.6 Å². The highest BCUT2D eigenvalue weighted by molar-refractivity contribution is 5.96. The van der Waals surface area contributed by atoms with Crippen molar-refractivity contribution < 1.29 is 13.9 Å². The van der Waals surface area contributed by atoms with Crippen molar-refractivity contribution in [1.82, 2.24) is 34.3 Å². The molecule has 13 heteroatoms. The van der Waals surface area contributed by atoms with Gasteiger partial charge in [0.2, 0.25) is 0 Å². The molecule has 3 N–H and O–H groups in total. The number of nitrogens with two attached hydrogens (primary N) is 1. The van der Waals surface area contributed by atoms with E-state index in [4.69, 9.17) is 14.9 Å². The molecule has 5 heterocycles. The molecule has 1 amide bonds. The van der Waals surface area contributed by atoms with Gasteiger partial charge in [0.05, 0.1) is 35.8 Å². The van der Waals surface area contributed by atoms with Crippen LogP contribution in [0.4, 0.5) is 17.5 Å². The number of carbonyl (C=O) groups excluding carboxylic acids is 1. The number of amides is 1. The molecule has 0 atom stereocenters. The highest BCUT2D eigenvalue weighted by Crippen LogP contribution is 2.33. The minimum Gasteiger partial charge on any atom is -0.487 e. The average molecular weight is 501 g/mol. The molecule has 0 spiro atoms. The summed E-state index contributed by atoms with van der Waals surface area (Å²) in [7, 11) is 3.71. The van der Waals surface area contributed by atoms with E-state index < -0.39 is 5.91 Å². The first kappa shape index (κ1) is 22.5. The molecule has 1 aliphatic heterocycles. The molecule has 5 aromatic rings. The van der Waals surface area contributed by atoms with Crippen LogP contribution in [0.2, 0.25) is 0 Å². The monoisotopic (exact) mass is 500 g/mol. The average Bonchev–Trinajstić information content (AvgIpc) is 3.57. The number of fused-ring (bicyclic) bond motifs is 1. The van der Waals surface area contributed by atoms with Gasteiger partial charge in [0.15, 0.2) is 17.1 Å². The lowest BCUT2D eigenvalue weighted by molar-refractivity contribution is 0.0995. The quantitative estimate of drug-likeness (QED) is 0.324. The molecule has 1 saturated heterocycles. The lowest BCUT2D eigenvalue weighted by Crippen LogP contribution is -2.45. The molecule has 1 aliphatic rings. The highest BCUT2D eigenvalue weighted by Gasteiger charge is 2.33. The zero-order valence-electron chi connectivity index (χ0n) is 20.2. The van der Waals surface area contributed by atoms with E-state index in [1.807, 2.05) is 40.9 Å². The van der Waals surface area contributed by atoms with Gasteiger partial charge in [-0.3, -0.25) is 9.48 Å². The Labute approximate surface area is 210 Å². The molecule has 1 aromatic carbocycles. The predicted molar refractivity (Wildman–Crippen MR) is 134 cm³/mol. The number of carbonyl (C=O) groups is 1. The molecule has 0 saturated carbocycles. The molecule has 0 aliphatic carbocycles. The number of hydrogen-bond acceptors (Lipinski definition) is 10. The fourth-order valence-electron chi connectivity index (χ4n) is 4.12. The van der Waals surface area contributed by atoms with Crippen LogP contribution in [-0.2, 0) is 20.7 Å². The molecule has 188 valence electrons. The van der Waals surface area contributed by atoms with Gasteiger partial charge in [0.1, 0.15) is 17.9 Å². The zero-order valence-corrected chi connectivity index (χ0v) is 20.2. The van der Waals surface area contributed by atoms with Gasteiger partial charge < -0.3 is 29.7 Å². The van der Waals surface area contributed by atoms with E-state index >= 15 is 0 Å². The molecule has 0 bridgehead atoms. The second kappa shape index (κ2) is 8.93. The van der Waals surface area contributed by atoms with Gasteiger partial charge in [0, 0.05) is 51.6 Å². The van der Waals surface area contributed by atoms with E-state index in [9.17, 15) is 4.79 Å². The van der Waals surface area contributed by atoms with Gasteiger partial charge in [0.25, 0.3) is 11.9 Å². The first-order chi connectivity index (χ1) is 17.9. The second-order valence-electron chi connectivity index (χ2n) is 8.93. The molecule has 1 fully saturated rings. The Morgan fingerprint density at radius 2 is 2.05 bits per heavy atom. The van der Waals surface area contributed by atoms with Crippen molar-refractivity contribution in [2.75, 3.05) is 23.3 Å². The molecular formula is C24H24N10O3. The summed E-state index contributed by atoms with van der Waals surface area (Å²) in [5.41, 5.74) is 9.25. The number of primary amides is 1. The molecule has 37 heavy (non-hydrogen) atoms. The number of anilines is 3. The Morgan fingerprint density at radius 3 is 2.78 bits per heavy atom. The summed E-state index contributed by atoms with van der Waals surface area (Å²) in [5.74, 6) is 0.374.